The molecule has 0 bridgehead atoms. The van der Waals surface area contributed by atoms with Crippen LogP contribution in [-0.2, 0) is 27.3 Å². The molecule has 0 aromatic carbocycles. The van der Waals surface area contributed by atoms with Gasteiger partial charge in [0.15, 0.2) is 0 Å². The highest BCUT2D eigenvalue weighted by molar-refractivity contribution is 6.33. The summed E-state index contributed by atoms with van der Waals surface area (Å²) in [5.41, 5.74) is 3.11. The average molecular weight is 446 g/mol. The van der Waals surface area contributed by atoms with Gasteiger partial charge in [-0.25, -0.2) is 4.98 Å². The van der Waals surface area contributed by atoms with E-state index in [0.717, 1.165) is 29.8 Å². The highest BCUT2D eigenvalue weighted by atomic mass is 35.5. The maximum absolute atomic E-state index is 12.5. The number of morpholine rings is 1. The summed E-state index contributed by atoms with van der Waals surface area (Å²) in [6, 6.07) is 1.80. The van der Waals surface area contributed by atoms with E-state index in [1.54, 1.807) is 24.1 Å². The van der Waals surface area contributed by atoms with Crippen LogP contribution in [0.1, 0.15) is 39.3 Å². The Bertz CT molecular complexity index is 1000. The number of ether oxygens (including phenoxy) is 1. The Labute approximate surface area is 186 Å². The van der Waals surface area contributed by atoms with E-state index in [1.165, 1.54) is 0 Å². The molecule has 166 valence electrons. The first-order valence-electron chi connectivity index (χ1n) is 10.6. The van der Waals surface area contributed by atoms with Crippen LogP contribution in [0.5, 0.6) is 0 Å². The van der Waals surface area contributed by atoms with Crippen molar-refractivity contribution in [1.82, 2.24) is 19.7 Å². The maximum atomic E-state index is 12.5. The molecule has 0 aliphatic carbocycles. The van der Waals surface area contributed by atoms with Crippen molar-refractivity contribution >= 4 is 29.2 Å². The fraction of sp³-hybridized carbons (Fsp3) is 0.545. The van der Waals surface area contributed by atoms with Gasteiger partial charge in [-0.15, -0.1) is 0 Å². The summed E-state index contributed by atoms with van der Waals surface area (Å²) in [5, 5.41) is 7.89. The molecule has 2 aromatic heterocycles. The summed E-state index contributed by atoms with van der Waals surface area (Å²) in [6.45, 7) is 8.49. The summed E-state index contributed by atoms with van der Waals surface area (Å²) in [4.78, 5) is 30.1. The van der Waals surface area contributed by atoms with Crippen LogP contribution < -0.4 is 5.32 Å². The Morgan fingerprint density at radius 1 is 1.32 bits per heavy atom. The van der Waals surface area contributed by atoms with Gasteiger partial charge in [0, 0.05) is 56.0 Å². The van der Waals surface area contributed by atoms with Gasteiger partial charge in [0.2, 0.25) is 11.8 Å². The Kier molecular flexibility index (Phi) is 6.03. The minimum Gasteiger partial charge on any atom is -0.375 e. The lowest BCUT2D eigenvalue weighted by Gasteiger charge is -2.32. The van der Waals surface area contributed by atoms with Crippen LogP contribution in [0.15, 0.2) is 18.5 Å². The molecular weight excluding hydrogens is 418 g/mol. The number of nitrogens with one attached hydrogen (secondary N) is 1. The quantitative estimate of drug-likeness (QED) is 0.763. The first-order valence-corrected chi connectivity index (χ1v) is 11.0. The van der Waals surface area contributed by atoms with Crippen molar-refractivity contribution in [3.8, 4) is 11.1 Å². The number of hydrogen-bond donors (Lipinski definition) is 1. The molecule has 2 aromatic rings. The number of nitrogens with zero attached hydrogens (tertiary/aromatic N) is 4. The Hall–Kier alpha value is -2.45. The third-order valence-corrected chi connectivity index (χ3v) is 6.16. The van der Waals surface area contributed by atoms with Crippen LogP contribution in [0, 0.1) is 5.41 Å². The Morgan fingerprint density at radius 3 is 2.90 bits per heavy atom. The second-order valence-electron chi connectivity index (χ2n) is 9.10. The first-order chi connectivity index (χ1) is 14.7. The lowest BCUT2D eigenvalue weighted by Crippen LogP contribution is -2.44. The van der Waals surface area contributed by atoms with E-state index in [1.807, 2.05) is 10.9 Å². The van der Waals surface area contributed by atoms with Crippen LogP contribution >= 0.6 is 11.6 Å². The normalized spacial score (nSPS) is 19.9. The Balaban J connectivity index is 1.40. The topological polar surface area (TPSA) is 89.4 Å². The zero-order valence-electron chi connectivity index (χ0n) is 18.2. The fourth-order valence-electron chi connectivity index (χ4n) is 4.26. The predicted molar refractivity (Wildman–Crippen MR) is 118 cm³/mol. The van der Waals surface area contributed by atoms with Crippen molar-refractivity contribution < 1.29 is 14.3 Å². The van der Waals surface area contributed by atoms with Gasteiger partial charge >= 0.3 is 0 Å². The van der Waals surface area contributed by atoms with E-state index < -0.39 is 0 Å². The number of carbonyl (C=O) groups is 2. The van der Waals surface area contributed by atoms with Gasteiger partial charge in [-0.2, -0.15) is 5.10 Å². The molecule has 4 rings (SSSR count). The highest BCUT2D eigenvalue weighted by Gasteiger charge is 2.32. The van der Waals surface area contributed by atoms with Crippen LogP contribution in [-0.4, -0.2) is 57.3 Å². The highest BCUT2D eigenvalue weighted by Crippen LogP contribution is 2.39. The van der Waals surface area contributed by atoms with Crippen LogP contribution in [0.4, 0.5) is 5.82 Å². The molecule has 1 atom stereocenters. The monoisotopic (exact) mass is 445 g/mol. The molecule has 2 aliphatic rings. The van der Waals surface area contributed by atoms with Gasteiger partial charge in [-0.1, -0.05) is 25.4 Å². The molecule has 31 heavy (non-hydrogen) atoms. The second-order valence-corrected chi connectivity index (χ2v) is 9.50. The molecule has 8 nitrogen and oxygen atoms in total. The molecule has 0 saturated carbocycles. The van der Waals surface area contributed by atoms with E-state index in [4.69, 9.17) is 16.3 Å². The van der Waals surface area contributed by atoms with Gasteiger partial charge in [0.05, 0.1) is 23.9 Å². The van der Waals surface area contributed by atoms with Gasteiger partial charge in [0.1, 0.15) is 5.82 Å². The fourth-order valence-corrected chi connectivity index (χ4v) is 4.47. The van der Waals surface area contributed by atoms with Crippen molar-refractivity contribution in [2.24, 2.45) is 5.41 Å². The number of aromatic nitrogens is 3. The average Bonchev–Trinajstić information content (AvgIpc) is 3.23. The largest absolute Gasteiger partial charge is 0.375 e. The molecular formula is C22H28ClN5O3. The summed E-state index contributed by atoms with van der Waals surface area (Å²) >= 11 is 6.44. The number of halogens is 1. The van der Waals surface area contributed by atoms with Gasteiger partial charge in [0.25, 0.3) is 0 Å². The van der Waals surface area contributed by atoms with Crippen molar-refractivity contribution in [3.63, 3.8) is 0 Å². The summed E-state index contributed by atoms with van der Waals surface area (Å²) < 4.78 is 7.71. The number of pyridine rings is 1. The molecule has 4 heterocycles. The van der Waals surface area contributed by atoms with Gasteiger partial charge in [-0.3, -0.25) is 14.3 Å². The number of rotatable bonds is 5. The molecule has 1 N–H and O–H groups in total. The van der Waals surface area contributed by atoms with E-state index in [2.05, 4.69) is 29.2 Å². The van der Waals surface area contributed by atoms with E-state index in [0.29, 0.717) is 37.0 Å². The molecule has 9 heteroatoms. The SMILES string of the molecule is CC(=O)N1CCOC(CCC(=O)Nc2cc(-c3cnn4c3CC(C)(C)C4)c(Cl)cn2)C1. The Morgan fingerprint density at radius 2 is 2.13 bits per heavy atom. The third-order valence-electron chi connectivity index (χ3n) is 5.86. The number of fused-ring (bicyclic) bond motifs is 1. The molecule has 0 spiro atoms. The van der Waals surface area contributed by atoms with Crippen molar-refractivity contribution in [3.05, 3.63) is 29.2 Å². The standard InChI is InChI=1S/C22H28ClN5O3/c1-14(29)27-6-7-31-15(12-27)4-5-21(30)26-20-8-16(18(23)11-24-20)17-10-25-28-13-22(2,3)9-19(17)28/h8,10-11,15H,4-7,9,12-13H2,1-3H3,(H,24,26,30). The van der Waals surface area contributed by atoms with Crippen LogP contribution in [0.25, 0.3) is 11.1 Å². The summed E-state index contributed by atoms with van der Waals surface area (Å²) in [5.74, 6) is 0.341. The van der Waals surface area contributed by atoms with Crippen molar-refractivity contribution in [1.29, 1.82) is 0 Å². The lowest BCUT2D eigenvalue weighted by atomic mass is 9.89. The second kappa shape index (κ2) is 8.59. The minimum atomic E-state index is -0.148. The molecule has 2 aliphatic heterocycles. The van der Waals surface area contributed by atoms with E-state index in [9.17, 15) is 9.59 Å². The number of carbonyl (C=O) groups excluding carboxylic acids is 2. The van der Waals surface area contributed by atoms with Gasteiger partial charge in [-0.05, 0) is 24.3 Å². The minimum absolute atomic E-state index is 0.0330. The zero-order chi connectivity index (χ0) is 22.2. The van der Waals surface area contributed by atoms with Crippen molar-refractivity contribution in [2.45, 2.75) is 52.7 Å². The van der Waals surface area contributed by atoms with Crippen LogP contribution in [0.3, 0.4) is 0 Å². The maximum Gasteiger partial charge on any atom is 0.225 e. The zero-order valence-corrected chi connectivity index (χ0v) is 18.9. The molecule has 2 amide bonds. The van der Waals surface area contributed by atoms with E-state index in [-0.39, 0.29) is 29.8 Å². The van der Waals surface area contributed by atoms with Crippen molar-refractivity contribution in [2.75, 3.05) is 25.0 Å². The predicted octanol–water partition coefficient (Wildman–Crippen LogP) is 3.15. The number of hydrogen-bond acceptors (Lipinski definition) is 5. The first kappa shape index (κ1) is 21.8. The third kappa shape index (κ3) is 4.91. The lowest BCUT2D eigenvalue weighted by molar-refractivity contribution is -0.136. The molecule has 1 unspecified atom stereocenters. The van der Waals surface area contributed by atoms with Crippen LogP contribution in [0.2, 0.25) is 5.02 Å². The number of anilines is 1. The summed E-state index contributed by atoms with van der Waals surface area (Å²) in [6.07, 6.45) is 5.01. The molecule has 1 saturated heterocycles. The smallest absolute Gasteiger partial charge is 0.225 e. The molecule has 0 radical (unpaired) electrons. The molecule has 1 fully saturated rings. The summed E-state index contributed by atoms with van der Waals surface area (Å²) in [7, 11) is 0. The number of amides is 2. The van der Waals surface area contributed by atoms with Gasteiger partial charge < -0.3 is 15.0 Å². The van der Waals surface area contributed by atoms with E-state index >= 15 is 0 Å².